The van der Waals surface area contributed by atoms with Crippen LogP contribution in [0.2, 0.25) is 5.02 Å². The Balaban J connectivity index is 2.04. The van der Waals surface area contributed by atoms with E-state index < -0.39 is 0 Å². The van der Waals surface area contributed by atoms with Gasteiger partial charge in [0.2, 0.25) is 0 Å². The van der Waals surface area contributed by atoms with E-state index in [1.807, 2.05) is 19.1 Å². The normalized spacial score (nSPS) is 16.5. The molecule has 1 heterocycles. The van der Waals surface area contributed by atoms with Gasteiger partial charge in [0.25, 0.3) is 5.91 Å². The first-order valence-electron chi connectivity index (χ1n) is 8.88. The molecule has 6 nitrogen and oxygen atoms in total. The second-order valence-corrected chi connectivity index (χ2v) is 8.57. The summed E-state index contributed by atoms with van der Waals surface area (Å²) in [6.07, 6.45) is 1.42. The van der Waals surface area contributed by atoms with Crippen molar-refractivity contribution in [1.82, 2.24) is 5.43 Å². The highest BCUT2D eigenvalue weighted by Crippen LogP contribution is 2.39. The van der Waals surface area contributed by atoms with Crippen molar-refractivity contribution in [3.63, 3.8) is 0 Å². The predicted octanol–water partition coefficient (Wildman–Crippen LogP) is 4.03. The van der Waals surface area contributed by atoms with Crippen LogP contribution in [0.5, 0.6) is 0 Å². The maximum Gasteiger partial charge on any atom is 0.294 e. The van der Waals surface area contributed by atoms with Gasteiger partial charge in [-0.25, -0.2) is 0 Å². The third-order valence-corrected chi connectivity index (χ3v) is 5.22. The number of carbonyl (C=O) groups excluding carboxylic acids is 1. The van der Waals surface area contributed by atoms with Gasteiger partial charge in [-0.1, -0.05) is 37.6 Å². The average Bonchev–Trinajstić information content (AvgIpc) is 2.94. The molecule has 2 aromatic rings. The summed E-state index contributed by atoms with van der Waals surface area (Å²) in [7, 11) is 1.68. The molecule has 0 radical (unpaired) electrons. The first kappa shape index (κ1) is 20.4. The zero-order chi connectivity index (χ0) is 20.6. The molecule has 0 saturated carbocycles. The van der Waals surface area contributed by atoms with Crippen LogP contribution in [0.4, 0.5) is 5.69 Å². The van der Waals surface area contributed by atoms with Gasteiger partial charge < -0.3 is 15.1 Å². The minimum atomic E-state index is -0.264. The molecule has 1 aromatic heterocycles. The molecule has 1 aromatic carbocycles. The summed E-state index contributed by atoms with van der Waals surface area (Å²) in [5, 5.41) is 4.95. The largest absolute Gasteiger partial charge is 0.455 e. The van der Waals surface area contributed by atoms with Crippen LogP contribution in [0.15, 0.2) is 33.8 Å². The standard InChI is InChI=1S/C20H23ClN4O2S/c1-11-16-13(23-24-19(22)28)9-20(2,3)10-15(16)27-17(11)18(26)25(4)14-8-6-5-7-12(14)21/h5-8H,9-10H2,1-4H3,(H3,22,24,28)/b23-13-. The summed E-state index contributed by atoms with van der Waals surface area (Å²) < 4.78 is 6.05. The molecule has 0 spiro atoms. The maximum absolute atomic E-state index is 13.1. The van der Waals surface area contributed by atoms with Crippen molar-refractivity contribution in [3.05, 3.63) is 51.9 Å². The van der Waals surface area contributed by atoms with Gasteiger partial charge in [-0.15, -0.1) is 0 Å². The number of hydrogen-bond donors (Lipinski definition) is 2. The summed E-state index contributed by atoms with van der Waals surface area (Å²) in [6, 6.07) is 7.19. The van der Waals surface area contributed by atoms with Crippen LogP contribution in [0.1, 0.15) is 47.7 Å². The van der Waals surface area contributed by atoms with Crippen LogP contribution in [0.3, 0.4) is 0 Å². The number of fused-ring (bicyclic) bond motifs is 1. The second-order valence-electron chi connectivity index (χ2n) is 7.72. The average molecular weight is 419 g/mol. The highest BCUT2D eigenvalue weighted by molar-refractivity contribution is 7.80. The molecule has 0 saturated heterocycles. The van der Waals surface area contributed by atoms with Crippen molar-refractivity contribution in [2.24, 2.45) is 16.3 Å². The second kappa shape index (κ2) is 7.56. The Morgan fingerprint density at radius 1 is 1.36 bits per heavy atom. The van der Waals surface area contributed by atoms with Crippen molar-refractivity contribution in [2.75, 3.05) is 11.9 Å². The number of carbonyl (C=O) groups is 1. The Morgan fingerprint density at radius 3 is 2.68 bits per heavy atom. The van der Waals surface area contributed by atoms with Crippen LogP contribution < -0.4 is 16.1 Å². The molecule has 28 heavy (non-hydrogen) atoms. The molecule has 3 rings (SSSR count). The van der Waals surface area contributed by atoms with E-state index in [1.54, 1.807) is 19.2 Å². The quantitative estimate of drug-likeness (QED) is 0.580. The van der Waals surface area contributed by atoms with E-state index in [9.17, 15) is 4.79 Å². The van der Waals surface area contributed by atoms with E-state index >= 15 is 0 Å². The van der Waals surface area contributed by atoms with E-state index in [0.717, 1.165) is 22.6 Å². The fraction of sp³-hybridized carbons (Fsp3) is 0.350. The number of hydrogen-bond acceptors (Lipinski definition) is 4. The predicted molar refractivity (Wildman–Crippen MR) is 116 cm³/mol. The lowest BCUT2D eigenvalue weighted by molar-refractivity contribution is 0.0962. The Kier molecular flexibility index (Phi) is 5.50. The fourth-order valence-corrected chi connectivity index (χ4v) is 3.83. The van der Waals surface area contributed by atoms with Gasteiger partial charge in [-0.3, -0.25) is 10.2 Å². The number of nitrogens with one attached hydrogen (secondary N) is 1. The van der Waals surface area contributed by atoms with E-state index in [4.69, 9.17) is 34.0 Å². The third-order valence-electron chi connectivity index (χ3n) is 4.81. The number of anilines is 1. The number of rotatable bonds is 3. The fourth-order valence-electron chi connectivity index (χ4n) is 3.52. The van der Waals surface area contributed by atoms with E-state index in [0.29, 0.717) is 23.6 Å². The first-order chi connectivity index (χ1) is 13.1. The van der Waals surface area contributed by atoms with Crippen LogP contribution in [-0.2, 0) is 6.42 Å². The number of thiocarbonyl (C=S) groups is 1. The number of benzene rings is 1. The number of hydrazone groups is 1. The van der Waals surface area contributed by atoms with Crippen molar-refractivity contribution in [1.29, 1.82) is 0 Å². The summed E-state index contributed by atoms with van der Waals surface area (Å²) in [5.41, 5.74) is 11.1. The van der Waals surface area contributed by atoms with Crippen molar-refractivity contribution < 1.29 is 9.21 Å². The number of nitrogens with two attached hydrogens (primary N) is 1. The molecule has 1 aliphatic rings. The smallest absolute Gasteiger partial charge is 0.294 e. The molecular weight excluding hydrogens is 396 g/mol. The van der Waals surface area contributed by atoms with E-state index in [2.05, 4.69) is 24.4 Å². The summed E-state index contributed by atoms with van der Waals surface area (Å²) >= 11 is 11.1. The molecule has 1 amide bonds. The highest BCUT2D eigenvalue weighted by Gasteiger charge is 2.36. The van der Waals surface area contributed by atoms with Gasteiger partial charge in [0, 0.05) is 24.6 Å². The van der Waals surface area contributed by atoms with Crippen LogP contribution >= 0.6 is 23.8 Å². The molecular formula is C20H23ClN4O2S. The van der Waals surface area contributed by atoms with Crippen LogP contribution in [0, 0.1) is 12.3 Å². The zero-order valence-electron chi connectivity index (χ0n) is 16.3. The van der Waals surface area contributed by atoms with Crippen molar-refractivity contribution in [2.45, 2.75) is 33.6 Å². The Morgan fingerprint density at radius 2 is 2.04 bits per heavy atom. The van der Waals surface area contributed by atoms with Gasteiger partial charge in [-0.2, -0.15) is 5.10 Å². The molecule has 8 heteroatoms. The molecule has 0 aliphatic heterocycles. The van der Waals surface area contributed by atoms with Crippen molar-refractivity contribution >= 4 is 46.2 Å². The molecule has 0 atom stereocenters. The monoisotopic (exact) mass is 418 g/mol. The minimum absolute atomic E-state index is 0.0665. The molecule has 0 unspecified atom stereocenters. The van der Waals surface area contributed by atoms with E-state index in [1.165, 1.54) is 4.90 Å². The van der Waals surface area contributed by atoms with Gasteiger partial charge in [0.15, 0.2) is 10.9 Å². The summed E-state index contributed by atoms with van der Waals surface area (Å²) in [6.45, 7) is 6.12. The zero-order valence-corrected chi connectivity index (χ0v) is 17.9. The summed E-state index contributed by atoms with van der Waals surface area (Å²) in [5.74, 6) is 0.765. The molecule has 0 fully saturated rings. The molecule has 0 bridgehead atoms. The topological polar surface area (TPSA) is 83.9 Å². The molecule has 3 N–H and O–H groups in total. The Bertz CT molecular complexity index is 981. The lowest BCUT2D eigenvalue weighted by Crippen LogP contribution is -2.31. The van der Waals surface area contributed by atoms with Gasteiger partial charge in [0.1, 0.15) is 5.76 Å². The number of para-hydroxylation sites is 1. The van der Waals surface area contributed by atoms with E-state index in [-0.39, 0.29) is 22.2 Å². The lowest BCUT2D eigenvalue weighted by Gasteiger charge is -2.29. The van der Waals surface area contributed by atoms with Gasteiger partial charge >= 0.3 is 0 Å². The SMILES string of the molecule is Cc1c(C(=O)N(C)c2ccccc2Cl)oc2c1/C(=N\NC(N)=S)CC(C)(C)C2. The Labute approximate surface area is 174 Å². The Hall–Kier alpha value is -2.38. The number of amides is 1. The molecule has 148 valence electrons. The lowest BCUT2D eigenvalue weighted by atomic mass is 9.75. The van der Waals surface area contributed by atoms with Crippen molar-refractivity contribution in [3.8, 4) is 0 Å². The van der Waals surface area contributed by atoms with Gasteiger partial charge in [-0.05, 0) is 43.1 Å². The van der Waals surface area contributed by atoms with Crippen LogP contribution in [-0.4, -0.2) is 23.8 Å². The maximum atomic E-state index is 13.1. The van der Waals surface area contributed by atoms with Crippen LogP contribution in [0.25, 0.3) is 0 Å². The minimum Gasteiger partial charge on any atom is -0.455 e. The number of nitrogens with zero attached hydrogens (tertiary/aromatic N) is 2. The molecule has 1 aliphatic carbocycles. The number of halogens is 1. The third kappa shape index (κ3) is 3.91. The number of furan rings is 1. The highest BCUT2D eigenvalue weighted by atomic mass is 35.5. The van der Waals surface area contributed by atoms with Gasteiger partial charge in [0.05, 0.1) is 16.4 Å². The summed E-state index contributed by atoms with van der Waals surface area (Å²) in [4.78, 5) is 14.6. The first-order valence-corrected chi connectivity index (χ1v) is 9.66.